The Hall–Kier alpha value is -2.92. The van der Waals surface area contributed by atoms with Gasteiger partial charge in [0.15, 0.2) is 0 Å². The Morgan fingerprint density at radius 2 is 1.64 bits per heavy atom. The number of rotatable bonds is 5. The molecule has 1 N–H and O–H groups in total. The van der Waals surface area contributed by atoms with Crippen LogP contribution in [0.25, 0.3) is 0 Å². The largest absolute Gasteiger partial charge is 0.489 e. The van der Waals surface area contributed by atoms with E-state index in [2.05, 4.69) is 5.32 Å². The summed E-state index contributed by atoms with van der Waals surface area (Å²) in [6.45, 7) is 1.28. The van der Waals surface area contributed by atoms with Gasteiger partial charge in [0.1, 0.15) is 17.7 Å². The number of carbonyl (C=O) groups excluding carboxylic acids is 1. The maximum Gasteiger partial charge on any atom is 0.323 e. The summed E-state index contributed by atoms with van der Waals surface area (Å²) in [4.78, 5) is 14.6. The third-order valence-corrected chi connectivity index (χ3v) is 5.85. The Balaban J connectivity index is 1.39. The Kier molecular flexibility index (Phi) is 5.83. The lowest BCUT2D eigenvalue weighted by atomic mass is 10.2. The zero-order chi connectivity index (χ0) is 19.2. The number of hydrogen-bond donors (Lipinski definition) is 1. The van der Waals surface area contributed by atoms with Gasteiger partial charge in [-0.05, 0) is 35.4 Å². The molecule has 4 nitrogen and oxygen atoms in total. The minimum Gasteiger partial charge on any atom is -0.489 e. The molecule has 2 amide bonds. The van der Waals surface area contributed by atoms with Gasteiger partial charge in [-0.15, -0.1) is 11.8 Å². The number of urea groups is 1. The zero-order valence-electron chi connectivity index (χ0n) is 15.5. The Labute approximate surface area is 169 Å². The smallest absolute Gasteiger partial charge is 0.323 e. The van der Waals surface area contributed by atoms with Crippen LogP contribution in [0.3, 0.4) is 0 Å². The summed E-state index contributed by atoms with van der Waals surface area (Å²) in [5.41, 5.74) is 3.06. The van der Waals surface area contributed by atoms with Crippen LogP contribution >= 0.6 is 11.8 Å². The standard InChI is InChI=1S/C23H22N2O2S/c26-23(24-20-9-5-2-6-10-20)25-15-16-28-22(25)19-11-13-21(14-12-19)27-17-18-7-3-1-4-8-18/h1-14,22H,15-17H2,(H,24,26). The van der Waals surface area contributed by atoms with E-state index in [-0.39, 0.29) is 11.4 Å². The summed E-state index contributed by atoms with van der Waals surface area (Å²) in [5.74, 6) is 1.76. The summed E-state index contributed by atoms with van der Waals surface area (Å²) >= 11 is 1.78. The first-order valence-corrected chi connectivity index (χ1v) is 10.4. The second kappa shape index (κ2) is 8.85. The first-order chi connectivity index (χ1) is 13.8. The molecule has 0 aliphatic carbocycles. The topological polar surface area (TPSA) is 41.6 Å². The molecular formula is C23H22N2O2S. The number of anilines is 1. The summed E-state index contributed by atoms with van der Waals surface area (Å²) in [5, 5.41) is 3.00. The second-order valence-corrected chi connectivity index (χ2v) is 7.74. The number of para-hydroxylation sites is 1. The second-order valence-electron chi connectivity index (χ2n) is 6.56. The molecule has 28 heavy (non-hydrogen) atoms. The number of hydrogen-bond acceptors (Lipinski definition) is 3. The Bertz CT molecular complexity index is 901. The van der Waals surface area contributed by atoms with Gasteiger partial charge in [0.25, 0.3) is 0 Å². The third kappa shape index (κ3) is 4.49. The summed E-state index contributed by atoms with van der Waals surface area (Å²) < 4.78 is 5.86. The quantitative estimate of drug-likeness (QED) is 0.621. The zero-order valence-corrected chi connectivity index (χ0v) is 16.3. The van der Waals surface area contributed by atoms with Gasteiger partial charge in [0.05, 0.1) is 0 Å². The average Bonchev–Trinajstić information content (AvgIpc) is 3.24. The number of nitrogens with zero attached hydrogens (tertiary/aromatic N) is 1. The van der Waals surface area contributed by atoms with Crippen molar-refractivity contribution in [3.8, 4) is 5.75 Å². The molecule has 1 saturated heterocycles. The Morgan fingerprint density at radius 1 is 0.964 bits per heavy atom. The van der Waals surface area contributed by atoms with Crippen LogP contribution in [-0.4, -0.2) is 23.2 Å². The van der Waals surface area contributed by atoms with E-state index in [0.717, 1.165) is 34.9 Å². The first-order valence-electron chi connectivity index (χ1n) is 9.30. The van der Waals surface area contributed by atoms with Crippen molar-refractivity contribution in [2.24, 2.45) is 0 Å². The van der Waals surface area contributed by atoms with Crippen LogP contribution in [0, 0.1) is 0 Å². The maximum atomic E-state index is 12.7. The molecule has 1 aliphatic rings. The highest BCUT2D eigenvalue weighted by atomic mass is 32.2. The average molecular weight is 391 g/mol. The lowest BCUT2D eigenvalue weighted by molar-refractivity contribution is 0.214. The van der Waals surface area contributed by atoms with E-state index in [9.17, 15) is 4.79 Å². The number of amides is 2. The van der Waals surface area contributed by atoms with Crippen molar-refractivity contribution in [2.75, 3.05) is 17.6 Å². The van der Waals surface area contributed by atoms with Gasteiger partial charge in [-0.2, -0.15) is 0 Å². The van der Waals surface area contributed by atoms with Gasteiger partial charge in [-0.3, -0.25) is 0 Å². The van der Waals surface area contributed by atoms with Gasteiger partial charge < -0.3 is 15.0 Å². The van der Waals surface area contributed by atoms with Crippen LogP contribution in [0.5, 0.6) is 5.75 Å². The summed E-state index contributed by atoms with van der Waals surface area (Å²) in [7, 11) is 0. The number of benzene rings is 3. The molecule has 1 fully saturated rings. The van der Waals surface area contributed by atoms with Crippen molar-refractivity contribution in [1.82, 2.24) is 4.90 Å². The highest BCUT2D eigenvalue weighted by Gasteiger charge is 2.30. The van der Waals surface area contributed by atoms with Crippen molar-refractivity contribution in [2.45, 2.75) is 12.0 Å². The molecule has 1 aliphatic heterocycles. The predicted molar refractivity (Wildman–Crippen MR) is 115 cm³/mol. The van der Waals surface area contributed by atoms with Crippen molar-refractivity contribution in [3.63, 3.8) is 0 Å². The van der Waals surface area contributed by atoms with E-state index in [1.54, 1.807) is 11.8 Å². The molecule has 3 aromatic carbocycles. The molecule has 0 saturated carbocycles. The fraction of sp³-hybridized carbons (Fsp3) is 0.174. The lowest BCUT2D eigenvalue weighted by Crippen LogP contribution is -2.34. The third-order valence-electron chi connectivity index (χ3n) is 4.59. The normalized spacial score (nSPS) is 16.0. The lowest BCUT2D eigenvalue weighted by Gasteiger charge is -2.24. The van der Waals surface area contributed by atoms with E-state index < -0.39 is 0 Å². The number of thioether (sulfide) groups is 1. The summed E-state index contributed by atoms with van der Waals surface area (Å²) in [6.07, 6.45) is 0. The van der Waals surface area contributed by atoms with Gasteiger partial charge in [-0.1, -0.05) is 60.7 Å². The minimum absolute atomic E-state index is 0.0203. The van der Waals surface area contributed by atoms with Crippen LogP contribution in [0.1, 0.15) is 16.5 Å². The fourth-order valence-electron chi connectivity index (χ4n) is 3.14. The van der Waals surface area contributed by atoms with Crippen LogP contribution < -0.4 is 10.1 Å². The maximum absolute atomic E-state index is 12.7. The van der Waals surface area contributed by atoms with Gasteiger partial charge in [0, 0.05) is 18.0 Å². The summed E-state index contributed by atoms with van der Waals surface area (Å²) in [6, 6.07) is 27.7. The molecule has 1 atom stereocenters. The molecule has 1 heterocycles. The van der Waals surface area contributed by atoms with Gasteiger partial charge in [-0.25, -0.2) is 4.79 Å². The monoisotopic (exact) mass is 390 g/mol. The van der Waals surface area contributed by atoms with Crippen LogP contribution in [0.15, 0.2) is 84.9 Å². The van der Waals surface area contributed by atoms with Crippen LogP contribution in [0.4, 0.5) is 10.5 Å². The van der Waals surface area contributed by atoms with E-state index in [1.807, 2.05) is 89.8 Å². The van der Waals surface area contributed by atoms with Crippen LogP contribution in [-0.2, 0) is 6.61 Å². The van der Waals surface area contributed by atoms with E-state index >= 15 is 0 Å². The Morgan fingerprint density at radius 3 is 2.36 bits per heavy atom. The molecule has 0 radical (unpaired) electrons. The molecule has 0 bridgehead atoms. The highest BCUT2D eigenvalue weighted by Crippen LogP contribution is 2.38. The molecule has 1 unspecified atom stereocenters. The van der Waals surface area contributed by atoms with Crippen molar-refractivity contribution < 1.29 is 9.53 Å². The van der Waals surface area contributed by atoms with Crippen molar-refractivity contribution in [1.29, 1.82) is 0 Å². The molecular weight excluding hydrogens is 368 g/mol. The van der Waals surface area contributed by atoms with E-state index in [1.165, 1.54) is 0 Å². The first kappa shape index (κ1) is 18.4. The molecule has 142 valence electrons. The van der Waals surface area contributed by atoms with E-state index in [0.29, 0.717) is 6.61 Å². The molecule has 3 aromatic rings. The predicted octanol–water partition coefficient (Wildman–Crippen LogP) is 5.55. The molecule has 4 rings (SSSR count). The minimum atomic E-state index is -0.0643. The van der Waals surface area contributed by atoms with Crippen LogP contribution in [0.2, 0.25) is 0 Å². The fourth-order valence-corrected chi connectivity index (χ4v) is 4.40. The van der Waals surface area contributed by atoms with E-state index in [4.69, 9.17) is 4.74 Å². The molecule has 5 heteroatoms. The number of carbonyl (C=O) groups is 1. The van der Waals surface area contributed by atoms with Gasteiger partial charge in [0.2, 0.25) is 0 Å². The van der Waals surface area contributed by atoms with Crippen molar-refractivity contribution >= 4 is 23.5 Å². The highest BCUT2D eigenvalue weighted by molar-refractivity contribution is 7.99. The van der Waals surface area contributed by atoms with Gasteiger partial charge >= 0.3 is 6.03 Å². The number of nitrogens with one attached hydrogen (secondary N) is 1. The number of ether oxygens (including phenoxy) is 1. The molecule has 0 spiro atoms. The van der Waals surface area contributed by atoms with Crippen molar-refractivity contribution in [3.05, 3.63) is 96.1 Å². The SMILES string of the molecule is O=C(Nc1ccccc1)N1CCSC1c1ccc(OCc2ccccc2)cc1. The molecule has 0 aromatic heterocycles.